The molecule has 0 saturated carbocycles. The zero-order chi connectivity index (χ0) is 10.0. The number of benzene rings is 1. The van der Waals surface area contributed by atoms with Gasteiger partial charge in [-0.05, 0) is 28.1 Å². The number of halogens is 4. The van der Waals surface area contributed by atoms with Gasteiger partial charge in [0.15, 0.2) is 0 Å². The number of hydrogen-bond donors (Lipinski definition) is 2. The van der Waals surface area contributed by atoms with Gasteiger partial charge in [0.1, 0.15) is 11.6 Å². The number of aliphatic hydroxyl groups is 1. The Morgan fingerprint density at radius 1 is 1.43 bits per heavy atom. The van der Waals surface area contributed by atoms with Crippen molar-refractivity contribution in [2.45, 2.75) is 6.04 Å². The van der Waals surface area contributed by atoms with E-state index in [4.69, 9.17) is 10.8 Å². The zero-order valence-corrected chi connectivity index (χ0v) is 9.41. The third-order valence-corrected chi connectivity index (χ3v) is 2.26. The second-order valence-corrected chi connectivity index (χ2v) is 3.40. The van der Waals surface area contributed by atoms with Crippen LogP contribution in [0.15, 0.2) is 16.6 Å². The van der Waals surface area contributed by atoms with E-state index in [0.717, 1.165) is 6.07 Å². The van der Waals surface area contributed by atoms with Crippen molar-refractivity contribution >= 4 is 28.3 Å². The van der Waals surface area contributed by atoms with Gasteiger partial charge in [-0.3, -0.25) is 0 Å². The lowest BCUT2D eigenvalue weighted by atomic mass is 10.1. The Morgan fingerprint density at radius 3 is 2.50 bits per heavy atom. The maximum absolute atomic E-state index is 13.2. The SMILES string of the molecule is Cl.N[C@H](CO)c1c(F)ccc(Br)c1F. The minimum atomic E-state index is -1.03. The van der Waals surface area contributed by atoms with Crippen LogP contribution in [0.25, 0.3) is 0 Å². The zero-order valence-electron chi connectivity index (χ0n) is 7.01. The van der Waals surface area contributed by atoms with Gasteiger partial charge in [0.05, 0.1) is 17.1 Å². The second kappa shape index (κ2) is 5.60. The molecule has 0 aliphatic carbocycles. The largest absolute Gasteiger partial charge is 0.394 e. The Labute approximate surface area is 94.6 Å². The fourth-order valence-corrected chi connectivity index (χ4v) is 1.32. The van der Waals surface area contributed by atoms with E-state index >= 15 is 0 Å². The number of aliphatic hydroxyl groups excluding tert-OH is 1. The highest BCUT2D eigenvalue weighted by Gasteiger charge is 2.17. The molecule has 0 bridgehead atoms. The van der Waals surface area contributed by atoms with E-state index in [1.54, 1.807) is 0 Å². The van der Waals surface area contributed by atoms with E-state index in [1.165, 1.54) is 6.07 Å². The minimum absolute atomic E-state index is 0. The minimum Gasteiger partial charge on any atom is -0.394 e. The molecule has 0 aromatic heterocycles. The van der Waals surface area contributed by atoms with E-state index in [-0.39, 0.29) is 22.4 Å². The van der Waals surface area contributed by atoms with Gasteiger partial charge in [-0.1, -0.05) is 0 Å². The monoisotopic (exact) mass is 287 g/mol. The van der Waals surface area contributed by atoms with Crippen molar-refractivity contribution in [1.82, 2.24) is 0 Å². The topological polar surface area (TPSA) is 46.2 Å². The quantitative estimate of drug-likeness (QED) is 0.819. The lowest BCUT2D eigenvalue weighted by molar-refractivity contribution is 0.262. The molecule has 0 fully saturated rings. The lowest BCUT2D eigenvalue weighted by Gasteiger charge is -2.11. The van der Waals surface area contributed by atoms with Crippen LogP contribution in [0.2, 0.25) is 0 Å². The first-order valence-electron chi connectivity index (χ1n) is 3.57. The summed E-state index contributed by atoms with van der Waals surface area (Å²) >= 11 is 2.90. The Morgan fingerprint density at radius 2 is 2.00 bits per heavy atom. The van der Waals surface area contributed by atoms with Gasteiger partial charge in [0.25, 0.3) is 0 Å². The Balaban J connectivity index is 0.00000169. The summed E-state index contributed by atoms with van der Waals surface area (Å²) in [6, 6.07) is 1.31. The van der Waals surface area contributed by atoms with Gasteiger partial charge in [-0.15, -0.1) is 12.4 Å². The summed E-state index contributed by atoms with van der Waals surface area (Å²) in [5.74, 6) is -1.51. The van der Waals surface area contributed by atoms with E-state index in [9.17, 15) is 8.78 Å². The van der Waals surface area contributed by atoms with Crippen LogP contribution in [0.4, 0.5) is 8.78 Å². The summed E-state index contributed by atoms with van der Waals surface area (Å²) in [6.07, 6.45) is 0. The molecule has 0 unspecified atom stereocenters. The molecule has 0 amide bonds. The molecule has 14 heavy (non-hydrogen) atoms. The van der Waals surface area contributed by atoms with Crippen molar-refractivity contribution in [3.8, 4) is 0 Å². The van der Waals surface area contributed by atoms with Crippen molar-refractivity contribution in [2.75, 3.05) is 6.61 Å². The Bertz CT molecular complexity index is 324. The van der Waals surface area contributed by atoms with Gasteiger partial charge in [0.2, 0.25) is 0 Å². The van der Waals surface area contributed by atoms with Crippen LogP contribution >= 0.6 is 28.3 Å². The first kappa shape index (κ1) is 13.8. The van der Waals surface area contributed by atoms with Gasteiger partial charge >= 0.3 is 0 Å². The average molecular weight is 289 g/mol. The maximum Gasteiger partial charge on any atom is 0.145 e. The molecule has 0 aliphatic rings. The Kier molecular flexibility index (Phi) is 5.51. The third-order valence-electron chi connectivity index (χ3n) is 1.65. The van der Waals surface area contributed by atoms with Gasteiger partial charge in [-0.25, -0.2) is 8.78 Å². The highest BCUT2D eigenvalue weighted by Crippen LogP contribution is 2.25. The Hall–Kier alpha value is -0.230. The summed E-state index contributed by atoms with van der Waals surface area (Å²) in [6.45, 7) is -0.496. The van der Waals surface area contributed by atoms with Crippen molar-refractivity contribution in [2.24, 2.45) is 5.73 Å². The molecule has 0 saturated heterocycles. The average Bonchev–Trinajstić information content (AvgIpc) is 2.12. The standard InChI is InChI=1S/C8H8BrF2NO.ClH/c9-4-1-2-5(10)7(8(4)11)6(12)3-13;/h1-2,6,13H,3,12H2;1H/t6-;/m1./s1. The smallest absolute Gasteiger partial charge is 0.145 e. The molecule has 2 nitrogen and oxygen atoms in total. The molecule has 0 heterocycles. The first-order chi connectivity index (χ1) is 6.07. The number of hydrogen-bond acceptors (Lipinski definition) is 2. The molecule has 1 aromatic rings. The molecule has 80 valence electrons. The highest BCUT2D eigenvalue weighted by molar-refractivity contribution is 9.10. The molecular formula is C8H9BrClF2NO. The summed E-state index contributed by atoms with van der Waals surface area (Å²) in [5.41, 5.74) is 5.02. The molecule has 0 aliphatic heterocycles. The highest BCUT2D eigenvalue weighted by atomic mass is 79.9. The molecule has 0 radical (unpaired) electrons. The molecule has 1 atom stereocenters. The van der Waals surface area contributed by atoms with Crippen molar-refractivity contribution in [3.05, 3.63) is 33.8 Å². The maximum atomic E-state index is 13.2. The van der Waals surface area contributed by atoms with Gasteiger partial charge in [-0.2, -0.15) is 0 Å². The molecule has 1 rings (SSSR count). The van der Waals surface area contributed by atoms with Gasteiger partial charge < -0.3 is 10.8 Å². The summed E-state index contributed by atoms with van der Waals surface area (Å²) in [5, 5.41) is 8.65. The molecule has 1 aromatic carbocycles. The van der Waals surface area contributed by atoms with Crippen LogP contribution in [0, 0.1) is 11.6 Å². The second-order valence-electron chi connectivity index (χ2n) is 2.55. The molecule has 3 N–H and O–H groups in total. The summed E-state index contributed by atoms with van der Waals surface area (Å²) < 4.78 is 26.4. The van der Waals surface area contributed by atoms with Crippen LogP contribution in [-0.4, -0.2) is 11.7 Å². The number of rotatable bonds is 2. The van der Waals surface area contributed by atoms with E-state index in [1.807, 2.05) is 0 Å². The number of nitrogens with two attached hydrogens (primary N) is 1. The van der Waals surface area contributed by atoms with E-state index in [0.29, 0.717) is 0 Å². The summed E-state index contributed by atoms with van der Waals surface area (Å²) in [7, 11) is 0. The molecule has 0 spiro atoms. The van der Waals surface area contributed by atoms with Gasteiger partial charge in [0, 0.05) is 5.56 Å². The third kappa shape index (κ3) is 2.63. The lowest BCUT2D eigenvalue weighted by Crippen LogP contribution is -2.18. The van der Waals surface area contributed by atoms with Crippen LogP contribution in [0.1, 0.15) is 11.6 Å². The van der Waals surface area contributed by atoms with Crippen LogP contribution < -0.4 is 5.73 Å². The van der Waals surface area contributed by atoms with E-state index < -0.39 is 24.3 Å². The molecular weight excluding hydrogens is 279 g/mol. The van der Waals surface area contributed by atoms with E-state index in [2.05, 4.69) is 15.9 Å². The fourth-order valence-electron chi connectivity index (χ4n) is 0.974. The predicted octanol–water partition coefficient (Wildman–Crippen LogP) is 2.14. The first-order valence-corrected chi connectivity index (χ1v) is 4.37. The summed E-state index contributed by atoms with van der Waals surface area (Å²) in [4.78, 5) is 0. The van der Waals surface area contributed by atoms with Crippen molar-refractivity contribution in [3.63, 3.8) is 0 Å². The van der Waals surface area contributed by atoms with Crippen molar-refractivity contribution < 1.29 is 13.9 Å². The normalized spacial score (nSPS) is 12.1. The fraction of sp³-hybridized carbons (Fsp3) is 0.250. The predicted molar refractivity (Wildman–Crippen MR) is 55.3 cm³/mol. The van der Waals surface area contributed by atoms with Crippen molar-refractivity contribution in [1.29, 1.82) is 0 Å². The van der Waals surface area contributed by atoms with Crippen LogP contribution in [-0.2, 0) is 0 Å². The molecule has 6 heteroatoms. The van der Waals surface area contributed by atoms with Crippen LogP contribution in [0.3, 0.4) is 0 Å². The van der Waals surface area contributed by atoms with Crippen LogP contribution in [0.5, 0.6) is 0 Å².